The quantitative estimate of drug-likeness (QED) is 0.419. The van der Waals surface area contributed by atoms with Crippen molar-refractivity contribution in [2.45, 2.75) is 0 Å². The van der Waals surface area contributed by atoms with Gasteiger partial charge in [0.05, 0.1) is 15.3 Å². The number of halogens is 1. The van der Waals surface area contributed by atoms with Gasteiger partial charge in [0.1, 0.15) is 11.5 Å². The van der Waals surface area contributed by atoms with Gasteiger partial charge in [0.15, 0.2) is 0 Å². The predicted molar refractivity (Wildman–Crippen MR) is 98.6 cm³/mol. The van der Waals surface area contributed by atoms with Gasteiger partial charge < -0.3 is 5.73 Å². The monoisotopic (exact) mass is 366 g/mol. The van der Waals surface area contributed by atoms with Gasteiger partial charge in [-0.3, -0.25) is 15.2 Å². The summed E-state index contributed by atoms with van der Waals surface area (Å²) in [5.74, 6) is 0.296. The van der Waals surface area contributed by atoms with Gasteiger partial charge in [-0.15, -0.1) is 10.2 Å². The van der Waals surface area contributed by atoms with E-state index in [1.807, 2.05) is 6.07 Å². The van der Waals surface area contributed by atoms with Crippen molar-refractivity contribution in [2.75, 3.05) is 5.73 Å². The number of fused-ring (bicyclic) bond motifs is 1. The molecule has 0 radical (unpaired) electrons. The third kappa shape index (κ3) is 2.52. The Hall–Kier alpha value is -3.52. The summed E-state index contributed by atoms with van der Waals surface area (Å²) in [6.45, 7) is 0. The molecule has 0 saturated carbocycles. The van der Waals surface area contributed by atoms with Gasteiger partial charge in [0.2, 0.25) is 5.65 Å². The van der Waals surface area contributed by atoms with Gasteiger partial charge >= 0.3 is 0 Å². The minimum absolute atomic E-state index is 0.0420. The number of nitrogens with one attached hydrogen (secondary N) is 1. The van der Waals surface area contributed by atoms with Crippen LogP contribution in [-0.4, -0.2) is 25.3 Å². The molecule has 2 aromatic heterocycles. The SMILES string of the molecule is Nc1[nH]nc2nnc(-c3ccccc3Cl)c(-c3cccc([N+](=O)[O-])c3)c12. The number of nitrogens with zero attached hydrogens (tertiary/aromatic N) is 4. The molecule has 0 amide bonds. The van der Waals surface area contributed by atoms with Crippen molar-refractivity contribution in [1.29, 1.82) is 0 Å². The fourth-order valence-corrected chi connectivity index (χ4v) is 3.05. The van der Waals surface area contributed by atoms with Gasteiger partial charge in [-0.05, 0) is 11.6 Å². The molecule has 0 atom stereocenters. The zero-order valence-corrected chi connectivity index (χ0v) is 13.9. The smallest absolute Gasteiger partial charge is 0.270 e. The van der Waals surface area contributed by atoms with E-state index in [4.69, 9.17) is 17.3 Å². The Kier molecular flexibility index (Phi) is 3.74. The topological polar surface area (TPSA) is 124 Å². The van der Waals surface area contributed by atoms with Crippen LogP contribution in [-0.2, 0) is 0 Å². The highest BCUT2D eigenvalue weighted by Gasteiger charge is 2.21. The second kappa shape index (κ2) is 6.08. The third-order valence-corrected chi connectivity index (χ3v) is 4.31. The Labute approximate surface area is 151 Å². The lowest BCUT2D eigenvalue weighted by Crippen LogP contribution is -1.97. The van der Waals surface area contributed by atoms with Crippen LogP contribution in [0.1, 0.15) is 0 Å². The summed E-state index contributed by atoms with van der Waals surface area (Å²) < 4.78 is 0. The van der Waals surface area contributed by atoms with Crippen molar-refractivity contribution in [3.05, 3.63) is 63.7 Å². The van der Waals surface area contributed by atoms with E-state index in [1.54, 1.807) is 30.3 Å². The Morgan fingerprint density at radius 1 is 1.12 bits per heavy atom. The summed E-state index contributed by atoms with van der Waals surface area (Å²) in [5.41, 5.74) is 8.59. The number of H-pyrrole nitrogens is 1. The largest absolute Gasteiger partial charge is 0.383 e. The van der Waals surface area contributed by atoms with E-state index in [1.165, 1.54) is 12.1 Å². The molecular weight excluding hydrogens is 356 g/mol. The molecule has 0 aliphatic heterocycles. The van der Waals surface area contributed by atoms with Crippen molar-refractivity contribution in [3.63, 3.8) is 0 Å². The first-order valence-corrected chi connectivity index (χ1v) is 7.94. The molecule has 4 aromatic rings. The van der Waals surface area contributed by atoms with Crippen molar-refractivity contribution in [1.82, 2.24) is 20.4 Å². The molecule has 26 heavy (non-hydrogen) atoms. The van der Waals surface area contributed by atoms with Crippen LogP contribution in [0.2, 0.25) is 5.02 Å². The minimum Gasteiger partial charge on any atom is -0.383 e. The standard InChI is InChI=1S/C17H11ClN6O2/c18-12-7-2-1-6-11(12)15-13(9-4-3-5-10(8-9)24(25)26)14-16(19)21-23-17(14)22-20-15/h1-8H,(H3,19,21,22,23). The van der Waals surface area contributed by atoms with E-state index in [9.17, 15) is 10.1 Å². The van der Waals surface area contributed by atoms with Crippen LogP contribution < -0.4 is 5.73 Å². The highest BCUT2D eigenvalue weighted by atomic mass is 35.5. The molecule has 0 saturated heterocycles. The Morgan fingerprint density at radius 2 is 1.92 bits per heavy atom. The molecule has 9 heteroatoms. The van der Waals surface area contributed by atoms with Crippen LogP contribution in [0, 0.1) is 10.1 Å². The zero-order valence-electron chi connectivity index (χ0n) is 13.2. The second-order valence-corrected chi connectivity index (χ2v) is 5.95. The Morgan fingerprint density at radius 3 is 2.69 bits per heavy atom. The van der Waals surface area contributed by atoms with Gasteiger partial charge in [-0.1, -0.05) is 41.9 Å². The molecule has 4 rings (SSSR count). The number of hydrogen-bond acceptors (Lipinski definition) is 6. The predicted octanol–water partition coefficient (Wildman–Crippen LogP) is 3.83. The molecule has 0 bridgehead atoms. The van der Waals surface area contributed by atoms with E-state index in [0.717, 1.165) is 0 Å². The van der Waals surface area contributed by atoms with Crippen molar-refractivity contribution >= 4 is 34.1 Å². The molecule has 128 valence electrons. The maximum Gasteiger partial charge on any atom is 0.270 e. The van der Waals surface area contributed by atoms with Gasteiger partial charge in [-0.25, -0.2) is 0 Å². The minimum atomic E-state index is -0.455. The normalized spacial score (nSPS) is 11.0. The number of aromatic nitrogens is 4. The van der Waals surface area contributed by atoms with Crippen LogP contribution in [0.25, 0.3) is 33.4 Å². The number of benzene rings is 2. The molecule has 2 aromatic carbocycles. The highest BCUT2D eigenvalue weighted by molar-refractivity contribution is 6.33. The number of rotatable bonds is 3. The summed E-state index contributed by atoms with van der Waals surface area (Å²) in [4.78, 5) is 10.7. The summed E-state index contributed by atoms with van der Waals surface area (Å²) >= 11 is 6.33. The van der Waals surface area contributed by atoms with Gasteiger partial charge in [-0.2, -0.15) is 5.10 Å². The lowest BCUT2D eigenvalue weighted by Gasteiger charge is -2.11. The van der Waals surface area contributed by atoms with Crippen molar-refractivity contribution in [2.24, 2.45) is 0 Å². The van der Waals surface area contributed by atoms with Crippen LogP contribution in [0.4, 0.5) is 11.5 Å². The number of anilines is 1. The zero-order chi connectivity index (χ0) is 18.3. The lowest BCUT2D eigenvalue weighted by atomic mass is 9.97. The number of hydrogen-bond donors (Lipinski definition) is 2. The summed E-state index contributed by atoms with van der Waals surface area (Å²) in [7, 11) is 0. The molecule has 0 fully saturated rings. The molecule has 0 unspecified atom stereocenters. The van der Waals surface area contributed by atoms with Gasteiger partial charge in [0.25, 0.3) is 5.69 Å². The van der Waals surface area contributed by atoms with Crippen LogP contribution in [0.15, 0.2) is 48.5 Å². The van der Waals surface area contributed by atoms with Crippen LogP contribution >= 0.6 is 11.6 Å². The number of nitrogen functional groups attached to an aromatic ring is 1. The van der Waals surface area contributed by atoms with E-state index in [2.05, 4.69) is 20.4 Å². The number of nitrogens with two attached hydrogens (primary N) is 1. The number of nitro groups is 1. The van der Waals surface area contributed by atoms with E-state index >= 15 is 0 Å². The summed E-state index contributed by atoms with van der Waals surface area (Å²) in [6, 6.07) is 13.4. The van der Waals surface area contributed by atoms with Crippen molar-refractivity contribution in [3.8, 4) is 22.4 Å². The molecule has 3 N–H and O–H groups in total. The van der Waals surface area contributed by atoms with E-state index in [-0.39, 0.29) is 5.69 Å². The molecule has 0 spiro atoms. The Balaban J connectivity index is 2.10. The third-order valence-electron chi connectivity index (χ3n) is 3.98. The average molecular weight is 367 g/mol. The van der Waals surface area contributed by atoms with Crippen molar-refractivity contribution < 1.29 is 4.92 Å². The maximum atomic E-state index is 11.2. The number of non-ortho nitro benzene ring substituents is 1. The summed E-state index contributed by atoms with van der Waals surface area (Å²) in [5, 5.41) is 27.3. The average Bonchev–Trinajstić information content (AvgIpc) is 3.03. The number of nitro benzene ring substituents is 1. The molecular formula is C17H11ClN6O2. The number of aromatic amines is 1. The first kappa shape index (κ1) is 16.0. The summed E-state index contributed by atoms with van der Waals surface area (Å²) in [6.07, 6.45) is 0. The molecule has 0 aliphatic rings. The molecule has 2 heterocycles. The fraction of sp³-hybridized carbons (Fsp3) is 0. The van der Waals surface area contributed by atoms with Gasteiger partial charge in [0, 0.05) is 23.3 Å². The highest BCUT2D eigenvalue weighted by Crippen LogP contribution is 2.40. The first-order chi connectivity index (χ1) is 12.6. The Bertz CT molecular complexity index is 1160. The second-order valence-electron chi connectivity index (χ2n) is 5.55. The first-order valence-electron chi connectivity index (χ1n) is 7.56. The molecule has 8 nitrogen and oxygen atoms in total. The fourth-order valence-electron chi connectivity index (χ4n) is 2.83. The maximum absolute atomic E-state index is 11.2. The van der Waals surface area contributed by atoms with E-state index in [0.29, 0.717) is 44.3 Å². The van der Waals surface area contributed by atoms with Crippen LogP contribution in [0.3, 0.4) is 0 Å². The lowest BCUT2D eigenvalue weighted by molar-refractivity contribution is -0.384. The molecule has 0 aliphatic carbocycles. The van der Waals surface area contributed by atoms with Crippen LogP contribution in [0.5, 0.6) is 0 Å². The van der Waals surface area contributed by atoms with E-state index < -0.39 is 4.92 Å².